The van der Waals surface area contributed by atoms with Gasteiger partial charge in [-0.1, -0.05) is 18.5 Å². The van der Waals surface area contributed by atoms with Crippen LogP contribution >= 0.6 is 11.6 Å². The molecular formula is C11H18ClN3O3S. The highest BCUT2D eigenvalue weighted by molar-refractivity contribution is 7.89. The third-order valence-electron chi connectivity index (χ3n) is 2.59. The molecule has 1 N–H and O–H groups in total. The van der Waals surface area contributed by atoms with Crippen LogP contribution in [0, 0.1) is 0 Å². The standard InChI is InChI=1S/C11H18ClN3O3S/c1-4-15(5-6-18-3)19(16,17)9-7-10(12)11(13-2)14-8-9/h7-8H,4-6H2,1-3H3,(H,13,14). The lowest BCUT2D eigenvalue weighted by molar-refractivity contribution is 0.180. The van der Waals surface area contributed by atoms with Crippen LogP contribution in [0.2, 0.25) is 5.02 Å². The van der Waals surface area contributed by atoms with Gasteiger partial charge in [-0.05, 0) is 6.07 Å². The molecular weight excluding hydrogens is 290 g/mol. The zero-order valence-corrected chi connectivity index (χ0v) is 12.8. The third kappa shape index (κ3) is 3.79. The van der Waals surface area contributed by atoms with Gasteiger partial charge in [0.15, 0.2) is 0 Å². The van der Waals surface area contributed by atoms with E-state index in [1.807, 2.05) is 0 Å². The van der Waals surface area contributed by atoms with E-state index in [0.29, 0.717) is 25.5 Å². The van der Waals surface area contributed by atoms with Gasteiger partial charge in [0.1, 0.15) is 10.7 Å². The number of likely N-dealkylation sites (N-methyl/N-ethyl adjacent to an activating group) is 1. The largest absolute Gasteiger partial charge is 0.383 e. The second-order valence-corrected chi connectivity index (χ2v) is 6.09. The van der Waals surface area contributed by atoms with Crippen molar-refractivity contribution < 1.29 is 13.2 Å². The van der Waals surface area contributed by atoms with Crippen LogP contribution in [0.1, 0.15) is 6.92 Å². The van der Waals surface area contributed by atoms with Crippen molar-refractivity contribution in [1.82, 2.24) is 9.29 Å². The van der Waals surface area contributed by atoms with Crippen LogP contribution in [0.3, 0.4) is 0 Å². The van der Waals surface area contributed by atoms with Crippen molar-refractivity contribution in [2.24, 2.45) is 0 Å². The molecule has 6 nitrogen and oxygen atoms in total. The Hall–Kier alpha value is -0.890. The molecule has 0 aromatic carbocycles. The molecule has 0 bridgehead atoms. The molecule has 1 heterocycles. The molecule has 1 aromatic rings. The molecule has 0 aliphatic rings. The lowest BCUT2D eigenvalue weighted by Crippen LogP contribution is -2.33. The molecule has 1 rings (SSSR count). The minimum atomic E-state index is -3.59. The number of hydrogen-bond donors (Lipinski definition) is 1. The summed E-state index contributed by atoms with van der Waals surface area (Å²) in [5, 5.41) is 3.05. The molecule has 8 heteroatoms. The summed E-state index contributed by atoms with van der Waals surface area (Å²) < 4.78 is 31.0. The van der Waals surface area contributed by atoms with Crippen molar-refractivity contribution in [3.8, 4) is 0 Å². The number of sulfonamides is 1. The molecule has 0 spiro atoms. The third-order valence-corrected chi connectivity index (χ3v) is 4.82. The summed E-state index contributed by atoms with van der Waals surface area (Å²) in [5.74, 6) is 0.445. The summed E-state index contributed by atoms with van der Waals surface area (Å²) in [6, 6.07) is 1.39. The smallest absolute Gasteiger partial charge is 0.244 e. The van der Waals surface area contributed by atoms with Crippen LogP contribution in [0.4, 0.5) is 5.82 Å². The zero-order chi connectivity index (χ0) is 14.5. The molecule has 0 radical (unpaired) electrons. The number of ether oxygens (including phenoxy) is 1. The van der Waals surface area contributed by atoms with Gasteiger partial charge in [0.2, 0.25) is 10.0 Å². The van der Waals surface area contributed by atoms with Gasteiger partial charge in [-0.2, -0.15) is 4.31 Å². The van der Waals surface area contributed by atoms with Crippen molar-refractivity contribution in [1.29, 1.82) is 0 Å². The molecule has 0 fully saturated rings. The predicted molar refractivity (Wildman–Crippen MR) is 75.1 cm³/mol. The SMILES string of the molecule is CCN(CCOC)S(=O)(=O)c1cnc(NC)c(Cl)c1. The minimum Gasteiger partial charge on any atom is -0.383 e. The maximum absolute atomic E-state index is 12.4. The Morgan fingerprint density at radius 2 is 2.21 bits per heavy atom. The predicted octanol–water partition coefficient (Wildman–Crippen LogP) is 1.43. The molecule has 0 aliphatic heterocycles. The molecule has 0 saturated carbocycles. The van der Waals surface area contributed by atoms with Crippen LogP contribution in [-0.2, 0) is 14.8 Å². The molecule has 19 heavy (non-hydrogen) atoms. The number of anilines is 1. The number of rotatable bonds is 7. The van der Waals surface area contributed by atoms with Gasteiger partial charge in [-0.25, -0.2) is 13.4 Å². The van der Waals surface area contributed by atoms with E-state index in [-0.39, 0.29) is 9.92 Å². The van der Waals surface area contributed by atoms with E-state index >= 15 is 0 Å². The summed E-state index contributed by atoms with van der Waals surface area (Å²) in [7, 11) is -0.398. The summed E-state index contributed by atoms with van der Waals surface area (Å²) in [5.41, 5.74) is 0. The number of pyridine rings is 1. The Balaban J connectivity index is 3.07. The number of nitrogens with one attached hydrogen (secondary N) is 1. The maximum Gasteiger partial charge on any atom is 0.244 e. The maximum atomic E-state index is 12.4. The number of aromatic nitrogens is 1. The topological polar surface area (TPSA) is 71.5 Å². The Morgan fingerprint density at radius 3 is 2.68 bits per heavy atom. The fraction of sp³-hybridized carbons (Fsp3) is 0.545. The van der Waals surface area contributed by atoms with Gasteiger partial charge < -0.3 is 10.1 Å². The number of methoxy groups -OCH3 is 1. The first-order chi connectivity index (χ1) is 8.97. The molecule has 0 unspecified atom stereocenters. The second-order valence-electron chi connectivity index (χ2n) is 3.74. The van der Waals surface area contributed by atoms with Gasteiger partial charge in [0.25, 0.3) is 0 Å². The fourth-order valence-electron chi connectivity index (χ4n) is 1.54. The van der Waals surface area contributed by atoms with Gasteiger partial charge in [-0.3, -0.25) is 0 Å². The van der Waals surface area contributed by atoms with E-state index in [1.165, 1.54) is 23.7 Å². The molecule has 0 amide bonds. The van der Waals surface area contributed by atoms with E-state index in [0.717, 1.165) is 0 Å². The van der Waals surface area contributed by atoms with E-state index in [2.05, 4.69) is 10.3 Å². The average Bonchev–Trinajstić information content (AvgIpc) is 2.39. The number of halogens is 1. The van der Waals surface area contributed by atoms with Gasteiger partial charge in [-0.15, -0.1) is 0 Å². The van der Waals surface area contributed by atoms with E-state index in [9.17, 15) is 8.42 Å². The number of nitrogens with zero attached hydrogens (tertiary/aromatic N) is 2. The second kappa shape index (κ2) is 7.04. The Labute approximate surface area is 118 Å². The first-order valence-electron chi connectivity index (χ1n) is 5.79. The first kappa shape index (κ1) is 16.2. The lowest BCUT2D eigenvalue weighted by Gasteiger charge is -2.20. The van der Waals surface area contributed by atoms with Gasteiger partial charge >= 0.3 is 0 Å². The van der Waals surface area contributed by atoms with Crippen LogP contribution < -0.4 is 5.32 Å². The summed E-state index contributed by atoms with van der Waals surface area (Å²) in [4.78, 5) is 4.06. The Kier molecular flexibility index (Phi) is 5.99. The first-order valence-corrected chi connectivity index (χ1v) is 7.61. The average molecular weight is 308 g/mol. The van der Waals surface area contributed by atoms with Crippen molar-refractivity contribution in [2.45, 2.75) is 11.8 Å². The van der Waals surface area contributed by atoms with Gasteiger partial charge in [0, 0.05) is 33.4 Å². The molecule has 108 valence electrons. The van der Waals surface area contributed by atoms with Crippen molar-refractivity contribution in [3.63, 3.8) is 0 Å². The van der Waals surface area contributed by atoms with Crippen LogP contribution in [0.25, 0.3) is 0 Å². The molecule has 0 aliphatic carbocycles. The van der Waals surface area contributed by atoms with E-state index in [1.54, 1.807) is 14.0 Å². The molecule has 0 saturated heterocycles. The highest BCUT2D eigenvalue weighted by atomic mass is 35.5. The summed E-state index contributed by atoms with van der Waals surface area (Å²) in [6.45, 7) is 2.75. The van der Waals surface area contributed by atoms with E-state index in [4.69, 9.17) is 16.3 Å². The minimum absolute atomic E-state index is 0.0782. The summed E-state index contributed by atoms with van der Waals surface area (Å²) in [6.07, 6.45) is 1.29. The normalized spacial score (nSPS) is 11.8. The van der Waals surface area contributed by atoms with Crippen LogP contribution in [-0.4, -0.2) is 51.6 Å². The molecule has 1 aromatic heterocycles. The highest BCUT2D eigenvalue weighted by Gasteiger charge is 2.24. The van der Waals surface area contributed by atoms with Gasteiger partial charge in [0.05, 0.1) is 11.6 Å². The summed E-state index contributed by atoms with van der Waals surface area (Å²) >= 11 is 5.96. The van der Waals surface area contributed by atoms with Crippen molar-refractivity contribution >= 4 is 27.4 Å². The Morgan fingerprint density at radius 1 is 1.53 bits per heavy atom. The Bertz CT molecular complexity index is 522. The van der Waals surface area contributed by atoms with E-state index < -0.39 is 10.0 Å². The molecule has 0 atom stereocenters. The lowest BCUT2D eigenvalue weighted by atomic mass is 10.4. The van der Waals surface area contributed by atoms with Crippen LogP contribution in [0.5, 0.6) is 0 Å². The highest BCUT2D eigenvalue weighted by Crippen LogP contribution is 2.23. The zero-order valence-electron chi connectivity index (χ0n) is 11.2. The van der Waals surface area contributed by atoms with Crippen molar-refractivity contribution in [3.05, 3.63) is 17.3 Å². The van der Waals surface area contributed by atoms with Crippen LogP contribution in [0.15, 0.2) is 17.2 Å². The number of hydrogen-bond acceptors (Lipinski definition) is 5. The quantitative estimate of drug-likeness (QED) is 0.825. The fourth-order valence-corrected chi connectivity index (χ4v) is 3.27. The monoisotopic (exact) mass is 307 g/mol. The van der Waals surface area contributed by atoms with Crippen molar-refractivity contribution in [2.75, 3.05) is 39.2 Å².